The molecule has 104 valence electrons. The van der Waals surface area contributed by atoms with Crippen molar-refractivity contribution in [3.63, 3.8) is 0 Å². The van der Waals surface area contributed by atoms with Gasteiger partial charge in [0.1, 0.15) is 17.6 Å². The van der Waals surface area contributed by atoms with E-state index in [2.05, 4.69) is 0 Å². The quantitative estimate of drug-likeness (QED) is 0.837. The van der Waals surface area contributed by atoms with Crippen LogP contribution >= 0.6 is 0 Å². The van der Waals surface area contributed by atoms with Crippen molar-refractivity contribution in [3.05, 3.63) is 24.3 Å². The molecule has 1 aromatic rings. The van der Waals surface area contributed by atoms with Crippen LogP contribution in [-0.2, 0) is 4.79 Å². The molecule has 0 radical (unpaired) electrons. The van der Waals surface area contributed by atoms with Gasteiger partial charge in [-0.25, -0.2) is 0 Å². The first-order chi connectivity index (χ1) is 9.22. The summed E-state index contributed by atoms with van der Waals surface area (Å²) in [6, 6.07) is 7.63. The zero-order valence-electron chi connectivity index (χ0n) is 11.6. The molecular weight excluding hydrogens is 242 g/mol. The first-order valence-corrected chi connectivity index (χ1v) is 6.81. The fourth-order valence-corrected chi connectivity index (χ4v) is 2.29. The van der Waals surface area contributed by atoms with E-state index in [-0.39, 0.29) is 12.0 Å². The van der Waals surface area contributed by atoms with Crippen LogP contribution in [0.5, 0.6) is 11.5 Å². The second-order valence-electron chi connectivity index (χ2n) is 4.73. The number of piperidine rings is 1. The number of methoxy groups -OCH3 is 1. The van der Waals surface area contributed by atoms with Gasteiger partial charge in [-0.2, -0.15) is 0 Å². The largest absolute Gasteiger partial charge is 0.497 e. The Morgan fingerprint density at radius 3 is 2.32 bits per heavy atom. The van der Waals surface area contributed by atoms with Crippen molar-refractivity contribution < 1.29 is 14.3 Å². The van der Waals surface area contributed by atoms with E-state index in [1.807, 2.05) is 36.1 Å². The maximum atomic E-state index is 11.6. The second kappa shape index (κ2) is 6.45. The van der Waals surface area contributed by atoms with E-state index >= 15 is 0 Å². The molecule has 0 spiro atoms. The van der Waals surface area contributed by atoms with E-state index in [1.165, 1.54) is 0 Å². The summed E-state index contributed by atoms with van der Waals surface area (Å²) >= 11 is 0. The second-order valence-corrected chi connectivity index (χ2v) is 4.73. The van der Waals surface area contributed by atoms with E-state index in [0.29, 0.717) is 6.42 Å². The molecule has 19 heavy (non-hydrogen) atoms. The van der Waals surface area contributed by atoms with Crippen LogP contribution < -0.4 is 9.47 Å². The Hall–Kier alpha value is -1.71. The fourth-order valence-electron chi connectivity index (χ4n) is 2.29. The minimum Gasteiger partial charge on any atom is -0.497 e. The van der Waals surface area contributed by atoms with Crippen LogP contribution in [-0.4, -0.2) is 37.1 Å². The number of hydrogen-bond donors (Lipinski definition) is 0. The lowest BCUT2D eigenvalue weighted by molar-refractivity contribution is -0.132. The molecule has 1 fully saturated rings. The highest BCUT2D eigenvalue weighted by molar-refractivity contribution is 5.75. The summed E-state index contributed by atoms with van der Waals surface area (Å²) in [6.07, 6.45) is 2.59. The van der Waals surface area contributed by atoms with Crippen molar-refractivity contribution >= 4 is 5.91 Å². The Labute approximate surface area is 114 Å². The highest BCUT2D eigenvalue weighted by Crippen LogP contribution is 2.22. The fraction of sp³-hybridized carbons (Fsp3) is 0.533. The van der Waals surface area contributed by atoms with Crippen LogP contribution in [0.3, 0.4) is 0 Å². The maximum Gasteiger partial charge on any atom is 0.222 e. The SMILES string of the molecule is CCC(=O)N1CCC(Oc2ccc(OC)cc2)CC1. The van der Waals surface area contributed by atoms with Crippen molar-refractivity contribution in [2.45, 2.75) is 32.3 Å². The molecule has 0 bridgehead atoms. The molecule has 0 aliphatic carbocycles. The third-order valence-electron chi connectivity index (χ3n) is 3.46. The topological polar surface area (TPSA) is 38.8 Å². The van der Waals surface area contributed by atoms with Gasteiger partial charge in [-0.3, -0.25) is 4.79 Å². The standard InChI is InChI=1S/C15H21NO3/c1-3-15(17)16-10-8-14(9-11-16)19-13-6-4-12(18-2)5-7-13/h4-7,14H,3,8-11H2,1-2H3. The Morgan fingerprint density at radius 2 is 1.79 bits per heavy atom. The van der Waals surface area contributed by atoms with Crippen LogP contribution in [0.15, 0.2) is 24.3 Å². The van der Waals surface area contributed by atoms with E-state index < -0.39 is 0 Å². The summed E-state index contributed by atoms with van der Waals surface area (Å²) in [7, 11) is 1.65. The average Bonchev–Trinajstić information content (AvgIpc) is 2.48. The van der Waals surface area contributed by atoms with Crippen LogP contribution in [0, 0.1) is 0 Å². The number of ether oxygens (including phenoxy) is 2. The van der Waals surface area contributed by atoms with Crippen LogP contribution in [0.1, 0.15) is 26.2 Å². The predicted molar refractivity (Wildman–Crippen MR) is 73.5 cm³/mol. The lowest BCUT2D eigenvalue weighted by Crippen LogP contribution is -2.41. The Morgan fingerprint density at radius 1 is 1.21 bits per heavy atom. The third-order valence-corrected chi connectivity index (χ3v) is 3.46. The number of benzene rings is 1. The van der Waals surface area contributed by atoms with E-state index in [1.54, 1.807) is 7.11 Å². The molecule has 2 rings (SSSR count). The molecule has 0 unspecified atom stereocenters. The Bertz CT molecular complexity index is 408. The molecule has 0 aromatic heterocycles. The van der Waals surface area contributed by atoms with E-state index in [0.717, 1.165) is 37.4 Å². The van der Waals surface area contributed by atoms with E-state index in [9.17, 15) is 4.79 Å². The molecule has 4 nitrogen and oxygen atoms in total. The molecule has 1 amide bonds. The van der Waals surface area contributed by atoms with Gasteiger partial charge in [0.05, 0.1) is 7.11 Å². The van der Waals surface area contributed by atoms with Gasteiger partial charge >= 0.3 is 0 Å². The van der Waals surface area contributed by atoms with Crippen LogP contribution in [0.4, 0.5) is 0 Å². The zero-order valence-corrected chi connectivity index (χ0v) is 11.6. The van der Waals surface area contributed by atoms with Crippen LogP contribution in [0.2, 0.25) is 0 Å². The number of rotatable bonds is 4. The van der Waals surface area contributed by atoms with Crippen molar-refractivity contribution in [2.24, 2.45) is 0 Å². The molecule has 1 aliphatic heterocycles. The molecule has 1 aliphatic rings. The summed E-state index contributed by atoms with van der Waals surface area (Å²) in [6.45, 7) is 3.50. The third kappa shape index (κ3) is 3.63. The highest BCUT2D eigenvalue weighted by atomic mass is 16.5. The number of amides is 1. The molecule has 1 saturated heterocycles. The zero-order chi connectivity index (χ0) is 13.7. The molecule has 0 N–H and O–H groups in total. The van der Waals surface area contributed by atoms with Crippen molar-refractivity contribution in [1.82, 2.24) is 4.90 Å². The molecule has 1 heterocycles. The smallest absolute Gasteiger partial charge is 0.222 e. The minimum atomic E-state index is 0.203. The molecule has 0 saturated carbocycles. The number of carbonyl (C=O) groups excluding carboxylic acids is 1. The van der Waals surface area contributed by atoms with Crippen molar-refractivity contribution in [1.29, 1.82) is 0 Å². The monoisotopic (exact) mass is 263 g/mol. The number of likely N-dealkylation sites (tertiary alicyclic amines) is 1. The summed E-state index contributed by atoms with van der Waals surface area (Å²) in [5.41, 5.74) is 0. The van der Waals surface area contributed by atoms with Gasteiger partial charge in [-0.1, -0.05) is 6.92 Å². The maximum absolute atomic E-state index is 11.6. The van der Waals surface area contributed by atoms with Gasteiger partial charge in [-0.05, 0) is 24.3 Å². The highest BCUT2D eigenvalue weighted by Gasteiger charge is 2.22. The Kier molecular flexibility index (Phi) is 4.66. The minimum absolute atomic E-state index is 0.203. The first kappa shape index (κ1) is 13.7. The molecular formula is C15H21NO3. The number of nitrogens with zero attached hydrogens (tertiary/aromatic N) is 1. The summed E-state index contributed by atoms with van der Waals surface area (Å²) in [4.78, 5) is 13.5. The lowest BCUT2D eigenvalue weighted by Gasteiger charge is -2.32. The lowest BCUT2D eigenvalue weighted by atomic mass is 10.1. The van der Waals surface area contributed by atoms with Gasteiger partial charge in [0.25, 0.3) is 0 Å². The predicted octanol–water partition coefficient (Wildman–Crippen LogP) is 2.48. The van der Waals surface area contributed by atoms with Crippen LogP contribution in [0.25, 0.3) is 0 Å². The van der Waals surface area contributed by atoms with Gasteiger partial charge in [-0.15, -0.1) is 0 Å². The number of hydrogen-bond acceptors (Lipinski definition) is 3. The molecule has 0 atom stereocenters. The van der Waals surface area contributed by atoms with Gasteiger partial charge in [0.15, 0.2) is 0 Å². The van der Waals surface area contributed by atoms with Gasteiger partial charge in [0, 0.05) is 32.4 Å². The normalized spacial score (nSPS) is 16.2. The molecule has 1 aromatic carbocycles. The summed E-state index contributed by atoms with van der Waals surface area (Å²) in [5.74, 6) is 1.93. The van der Waals surface area contributed by atoms with Gasteiger partial charge < -0.3 is 14.4 Å². The Balaban J connectivity index is 1.83. The number of carbonyl (C=O) groups is 1. The first-order valence-electron chi connectivity index (χ1n) is 6.81. The van der Waals surface area contributed by atoms with Crippen molar-refractivity contribution in [3.8, 4) is 11.5 Å². The van der Waals surface area contributed by atoms with E-state index in [4.69, 9.17) is 9.47 Å². The average molecular weight is 263 g/mol. The van der Waals surface area contributed by atoms with Crippen molar-refractivity contribution in [2.75, 3.05) is 20.2 Å². The van der Waals surface area contributed by atoms with Gasteiger partial charge in [0.2, 0.25) is 5.91 Å². The molecule has 4 heteroatoms. The summed E-state index contributed by atoms with van der Waals surface area (Å²) in [5, 5.41) is 0. The summed E-state index contributed by atoms with van der Waals surface area (Å²) < 4.78 is 11.0.